The van der Waals surface area contributed by atoms with Crippen LogP contribution in [0.4, 0.5) is 13.2 Å². The molecule has 0 saturated carbocycles. The molecule has 7 rings (SSSR count). The second-order valence-corrected chi connectivity index (χ2v) is 14.7. The maximum Gasteiger partial charge on any atom is 0.393 e. The number of rotatable bonds is 12. The molecule has 290 valence electrons. The lowest BCUT2D eigenvalue weighted by molar-refractivity contribution is -0.140. The van der Waals surface area contributed by atoms with E-state index in [-0.39, 0.29) is 53.7 Å². The number of carbonyl (C=O) groups is 2. The van der Waals surface area contributed by atoms with E-state index in [2.05, 4.69) is 20.4 Å². The molecule has 1 saturated heterocycles. The van der Waals surface area contributed by atoms with Gasteiger partial charge < -0.3 is 15.3 Å². The van der Waals surface area contributed by atoms with E-state index in [1.54, 1.807) is 35.4 Å². The van der Waals surface area contributed by atoms with Gasteiger partial charge in [0.2, 0.25) is 5.91 Å². The van der Waals surface area contributed by atoms with Crippen LogP contribution in [-0.4, -0.2) is 77.5 Å². The molecule has 0 aliphatic carbocycles. The van der Waals surface area contributed by atoms with Crippen LogP contribution >= 0.6 is 11.6 Å². The smallest absolute Gasteiger partial charge is 0.388 e. The van der Waals surface area contributed by atoms with Gasteiger partial charge in [0.05, 0.1) is 41.0 Å². The molecule has 6 aromatic rings. The Morgan fingerprint density at radius 2 is 1.70 bits per heavy atom. The fourth-order valence-corrected chi connectivity index (χ4v) is 7.45. The van der Waals surface area contributed by atoms with Gasteiger partial charge >= 0.3 is 6.18 Å². The Hall–Kier alpha value is -5.60. The van der Waals surface area contributed by atoms with Gasteiger partial charge in [0.25, 0.3) is 11.5 Å². The summed E-state index contributed by atoms with van der Waals surface area (Å²) in [6.07, 6.45) is 1.02. The zero-order valence-corrected chi connectivity index (χ0v) is 31.0. The highest BCUT2D eigenvalue weighted by Gasteiger charge is 2.36. The van der Waals surface area contributed by atoms with E-state index in [0.29, 0.717) is 60.7 Å². The minimum atomic E-state index is -4.33. The molecule has 4 heterocycles. The lowest BCUT2D eigenvalue weighted by atomic mass is 9.88. The van der Waals surface area contributed by atoms with Crippen LogP contribution in [0.2, 0.25) is 5.02 Å². The monoisotopic (exact) mass is 785 g/mol. The number of aliphatic hydroxyl groups is 1. The predicted molar refractivity (Wildman–Crippen MR) is 206 cm³/mol. The number of nitrogens with zero attached hydrogens (tertiary/aromatic N) is 6. The number of amides is 2. The van der Waals surface area contributed by atoms with Crippen molar-refractivity contribution < 1.29 is 27.9 Å². The van der Waals surface area contributed by atoms with Crippen molar-refractivity contribution >= 4 is 45.4 Å². The van der Waals surface area contributed by atoms with E-state index in [4.69, 9.17) is 11.6 Å². The van der Waals surface area contributed by atoms with Crippen molar-refractivity contribution in [2.45, 2.75) is 56.8 Å². The Bertz CT molecular complexity index is 2410. The van der Waals surface area contributed by atoms with Crippen LogP contribution in [0, 0.1) is 5.92 Å². The number of hydrogen-bond donors (Lipinski definition) is 2. The van der Waals surface area contributed by atoms with Crippen LogP contribution < -0.4 is 10.9 Å². The molecule has 0 spiro atoms. The van der Waals surface area contributed by atoms with Gasteiger partial charge in [-0.1, -0.05) is 60.1 Å². The van der Waals surface area contributed by atoms with Gasteiger partial charge in [-0.25, -0.2) is 9.67 Å². The van der Waals surface area contributed by atoms with Crippen molar-refractivity contribution in [2.75, 3.05) is 19.6 Å². The number of nitrogens with one attached hydrogen (secondary N) is 1. The van der Waals surface area contributed by atoms with E-state index in [9.17, 15) is 32.7 Å². The third-order valence-corrected chi connectivity index (χ3v) is 10.6. The number of fused-ring (bicyclic) bond motifs is 2. The number of alkyl halides is 3. The van der Waals surface area contributed by atoms with Crippen LogP contribution in [0.1, 0.15) is 47.2 Å². The zero-order valence-electron chi connectivity index (χ0n) is 30.3. The molecular formula is C41H39ClF3N7O4. The molecule has 3 aromatic heterocycles. The standard InChI is InChI=1S/C41H39ClF3N7O4/c42-34-14-18-46-35-22-29(10-13-32(34)35)37(53)47-17-4-7-30(21-27-5-2-1-3-6-27)38(54)50-19-15-40(56,16-20-50)25-51-26-48-36-33(39(51)55)24-49-52(36)31-11-8-28(9-12-31)23-41(43,44)45/h1-3,5-6,8-14,18,22,24,26,30,56H,4,7,15-17,19-21,23,25H2,(H,47,53). The van der Waals surface area contributed by atoms with E-state index in [0.717, 1.165) is 10.9 Å². The molecule has 0 bridgehead atoms. The second kappa shape index (κ2) is 16.2. The fraction of sp³-hybridized carbons (Fsp3) is 0.317. The highest BCUT2D eigenvalue weighted by Crippen LogP contribution is 2.28. The molecule has 1 fully saturated rings. The Balaban J connectivity index is 0.965. The molecule has 1 unspecified atom stereocenters. The fourth-order valence-electron chi connectivity index (χ4n) is 7.23. The van der Waals surface area contributed by atoms with Crippen LogP contribution in [0.15, 0.2) is 102 Å². The molecule has 2 N–H and O–H groups in total. The summed E-state index contributed by atoms with van der Waals surface area (Å²) in [5.74, 6) is -0.618. The second-order valence-electron chi connectivity index (χ2n) is 14.3. The van der Waals surface area contributed by atoms with Gasteiger partial charge in [0.15, 0.2) is 5.65 Å². The summed E-state index contributed by atoms with van der Waals surface area (Å²) < 4.78 is 41.1. The highest BCUT2D eigenvalue weighted by molar-refractivity contribution is 6.35. The van der Waals surface area contributed by atoms with Crippen molar-refractivity contribution in [1.29, 1.82) is 0 Å². The van der Waals surface area contributed by atoms with Gasteiger partial charge in [-0.3, -0.25) is 23.9 Å². The summed E-state index contributed by atoms with van der Waals surface area (Å²) in [6.45, 7) is 0.925. The molecule has 1 aliphatic heterocycles. The molecule has 0 radical (unpaired) electrons. The number of hydrogen-bond acceptors (Lipinski definition) is 7. The molecule has 2 amide bonds. The Morgan fingerprint density at radius 3 is 2.43 bits per heavy atom. The maximum atomic E-state index is 14.0. The van der Waals surface area contributed by atoms with Crippen LogP contribution in [0.5, 0.6) is 0 Å². The van der Waals surface area contributed by atoms with Crippen LogP contribution in [-0.2, 0) is 24.2 Å². The third kappa shape index (κ3) is 8.92. The molecule has 56 heavy (non-hydrogen) atoms. The number of pyridine rings is 1. The molecule has 1 aliphatic rings. The molecule has 3 aromatic carbocycles. The Labute approximate surface area is 324 Å². The molecule has 15 heteroatoms. The van der Waals surface area contributed by atoms with Gasteiger partial charge in [0, 0.05) is 42.7 Å². The maximum absolute atomic E-state index is 14.0. The average molecular weight is 786 g/mol. The summed E-state index contributed by atoms with van der Waals surface area (Å²) >= 11 is 6.24. The number of aromatic nitrogens is 5. The first kappa shape index (κ1) is 38.7. The number of halogens is 4. The quantitative estimate of drug-likeness (QED) is 0.139. The summed E-state index contributed by atoms with van der Waals surface area (Å²) in [7, 11) is 0. The topological polar surface area (TPSA) is 135 Å². The minimum absolute atomic E-state index is 0.0289. The van der Waals surface area contributed by atoms with Gasteiger partial charge in [-0.2, -0.15) is 18.3 Å². The number of piperidine rings is 1. The zero-order chi connectivity index (χ0) is 39.5. The van der Waals surface area contributed by atoms with Crippen molar-refractivity contribution in [1.82, 2.24) is 34.5 Å². The van der Waals surface area contributed by atoms with Crippen molar-refractivity contribution in [2.24, 2.45) is 5.92 Å². The van der Waals surface area contributed by atoms with E-state index < -0.39 is 23.8 Å². The van der Waals surface area contributed by atoms with Gasteiger partial charge in [0.1, 0.15) is 11.7 Å². The Morgan fingerprint density at radius 1 is 0.946 bits per heavy atom. The lowest BCUT2D eigenvalue weighted by Crippen LogP contribution is -2.51. The number of carbonyl (C=O) groups excluding carboxylic acids is 2. The summed E-state index contributed by atoms with van der Waals surface area (Å²) in [4.78, 5) is 50.9. The molecule has 11 nitrogen and oxygen atoms in total. The first-order chi connectivity index (χ1) is 26.9. The first-order valence-corrected chi connectivity index (χ1v) is 18.7. The van der Waals surface area contributed by atoms with E-state index in [1.807, 2.05) is 30.3 Å². The molecular weight excluding hydrogens is 747 g/mol. The van der Waals surface area contributed by atoms with E-state index in [1.165, 1.54) is 46.0 Å². The predicted octanol–water partition coefficient (Wildman–Crippen LogP) is 6.31. The average Bonchev–Trinajstić information content (AvgIpc) is 3.62. The van der Waals surface area contributed by atoms with Crippen molar-refractivity contribution in [3.05, 3.63) is 130 Å². The van der Waals surface area contributed by atoms with Gasteiger partial charge in [-0.15, -0.1) is 0 Å². The van der Waals surface area contributed by atoms with Crippen molar-refractivity contribution in [3.8, 4) is 5.69 Å². The Kier molecular flexibility index (Phi) is 11.2. The van der Waals surface area contributed by atoms with E-state index >= 15 is 0 Å². The normalized spacial score (nSPS) is 14.9. The van der Waals surface area contributed by atoms with Crippen molar-refractivity contribution in [3.63, 3.8) is 0 Å². The van der Waals surface area contributed by atoms with Crippen LogP contribution in [0.3, 0.4) is 0 Å². The first-order valence-electron chi connectivity index (χ1n) is 18.3. The lowest BCUT2D eigenvalue weighted by Gasteiger charge is -2.39. The summed E-state index contributed by atoms with van der Waals surface area (Å²) in [5.41, 5.74) is 1.21. The summed E-state index contributed by atoms with van der Waals surface area (Å²) in [6, 6.07) is 22.3. The highest BCUT2D eigenvalue weighted by atomic mass is 35.5. The molecule has 1 atom stereocenters. The summed E-state index contributed by atoms with van der Waals surface area (Å²) in [5, 5.41) is 20.3. The minimum Gasteiger partial charge on any atom is -0.388 e. The van der Waals surface area contributed by atoms with Gasteiger partial charge in [-0.05, 0) is 73.6 Å². The number of likely N-dealkylation sites (tertiary alicyclic amines) is 1. The van der Waals surface area contributed by atoms with Crippen LogP contribution in [0.25, 0.3) is 27.6 Å². The third-order valence-electron chi connectivity index (χ3n) is 10.3. The largest absolute Gasteiger partial charge is 0.393 e. The SMILES string of the molecule is O=C(NCCCC(Cc1ccccc1)C(=O)N1CCC(O)(Cn2cnc3c(cnn3-c3ccc(CC(F)(F)F)cc3)c2=O)CC1)c1ccc2c(Cl)ccnc2c1. The number of benzene rings is 3.